The van der Waals surface area contributed by atoms with Gasteiger partial charge >= 0.3 is 0 Å². The molecule has 4 heteroatoms. The Hall–Kier alpha value is -1.29. The van der Waals surface area contributed by atoms with Crippen LogP contribution in [0.25, 0.3) is 0 Å². The second-order valence-electron chi connectivity index (χ2n) is 3.36. The van der Waals surface area contributed by atoms with Crippen LogP contribution in [0.4, 0.5) is 0 Å². The molecule has 1 amide bonds. The maximum absolute atomic E-state index is 11.5. The first-order valence-electron chi connectivity index (χ1n) is 4.74. The van der Waals surface area contributed by atoms with E-state index in [0.717, 1.165) is 12.2 Å². The molecule has 0 radical (unpaired) electrons. The summed E-state index contributed by atoms with van der Waals surface area (Å²) in [5, 5.41) is 2.81. The van der Waals surface area contributed by atoms with E-state index in [9.17, 15) is 4.79 Å². The Morgan fingerprint density at radius 2 is 2.57 bits per heavy atom. The molecule has 1 aromatic heterocycles. The topological polar surface area (TPSA) is 51.5 Å². The van der Waals surface area contributed by atoms with Gasteiger partial charge in [0, 0.05) is 6.61 Å². The molecule has 0 unspecified atom stereocenters. The number of ether oxygens (including phenoxy) is 1. The van der Waals surface area contributed by atoms with Gasteiger partial charge in [0.25, 0.3) is 0 Å². The van der Waals surface area contributed by atoms with Crippen molar-refractivity contribution < 1.29 is 13.9 Å². The zero-order chi connectivity index (χ0) is 9.80. The quantitative estimate of drug-likeness (QED) is 0.780. The lowest BCUT2D eigenvalue weighted by Gasteiger charge is -2.07. The minimum absolute atomic E-state index is 0.0185. The molecule has 0 aromatic carbocycles. The van der Waals surface area contributed by atoms with E-state index in [2.05, 4.69) is 5.32 Å². The van der Waals surface area contributed by atoms with Gasteiger partial charge in [-0.3, -0.25) is 4.79 Å². The number of hydrogen-bond donors (Lipinski definition) is 1. The lowest BCUT2D eigenvalue weighted by Crippen LogP contribution is -2.30. The fourth-order valence-corrected chi connectivity index (χ4v) is 1.47. The molecule has 0 saturated carbocycles. The Bertz CT molecular complexity index is 288. The second kappa shape index (κ2) is 4.28. The second-order valence-corrected chi connectivity index (χ2v) is 3.36. The van der Waals surface area contributed by atoms with E-state index in [1.165, 1.54) is 0 Å². The molecule has 14 heavy (non-hydrogen) atoms. The summed E-state index contributed by atoms with van der Waals surface area (Å²) >= 11 is 0. The number of hydrogen-bond acceptors (Lipinski definition) is 3. The van der Waals surface area contributed by atoms with E-state index in [4.69, 9.17) is 9.15 Å². The van der Waals surface area contributed by atoms with Gasteiger partial charge in [0.1, 0.15) is 5.76 Å². The average Bonchev–Trinajstić information content (AvgIpc) is 2.87. The maximum Gasteiger partial charge on any atom is 0.225 e. The number of carbonyl (C=O) groups excluding carboxylic acids is 1. The van der Waals surface area contributed by atoms with E-state index in [1.54, 1.807) is 12.3 Å². The number of rotatable bonds is 3. The summed E-state index contributed by atoms with van der Waals surface area (Å²) in [6.45, 7) is 1.70. The largest absolute Gasteiger partial charge is 0.467 e. The molecule has 1 N–H and O–H groups in total. The van der Waals surface area contributed by atoms with E-state index >= 15 is 0 Å². The predicted molar refractivity (Wildman–Crippen MR) is 49.5 cm³/mol. The highest BCUT2D eigenvalue weighted by Crippen LogP contribution is 2.12. The van der Waals surface area contributed by atoms with Gasteiger partial charge in [-0.2, -0.15) is 0 Å². The van der Waals surface area contributed by atoms with Gasteiger partial charge < -0.3 is 14.5 Å². The molecule has 1 aromatic rings. The Morgan fingerprint density at radius 1 is 1.64 bits per heavy atom. The predicted octanol–water partition coefficient (Wildman–Crippen LogP) is 0.932. The van der Waals surface area contributed by atoms with Crippen LogP contribution in [0, 0.1) is 5.92 Å². The standard InChI is InChI=1S/C10H13NO3/c12-10(8-3-5-13-7-8)11-6-9-2-1-4-14-9/h1-2,4,8H,3,5-7H2,(H,11,12)/t8-/m1/s1. The van der Waals surface area contributed by atoms with Crippen LogP contribution in [0.1, 0.15) is 12.2 Å². The lowest BCUT2D eigenvalue weighted by atomic mass is 10.1. The van der Waals surface area contributed by atoms with Gasteiger partial charge in [0.15, 0.2) is 0 Å². The smallest absolute Gasteiger partial charge is 0.225 e. The molecule has 4 nitrogen and oxygen atoms in total. The lowest BCUT2D eigenvalue weighted by molar-refractivity contribution is -0.125. The van der Waals surface area contributed by atoms with Crippen molar-refractivity contribution in [1.82, 2.24) is 5.32 Å². The number of nitrogens with one attached hydrogen (secondary N) is 1. The van der Waals surface area contributed by atoms with Crippen molar-refractivity contribution in [2.45, 2.75) is 13.0 Å². The van der Waals surface area contributed by atoms with Crippen LogP contribution in [0.5, 0.6) is 0 Å². The van der Waals surface area contributed by atoms with Gasteiger partial charge in [-0.05, 0) is 18.6 Å². The zero-order valence-electron chi connectivity index (χ0n) is 7.86. The third-order valence-electron chi connectivity index (χ3n) is 2.32. The van der Waals surface area contributed by atoms with Crippen LogP contribution in [0.2, 0.25) is 0 Å². The SMILES string of the molecule is O=C(NCc1ccco1)[C@@H]1CCOC1. The summed E-state index contributed by atoms with van der Waals surface area (Å²) in [5.41, 5.74) is 0. The summed E-state index contributed by atoms with van der Waals surface area (Å²) in [4.78, 5) is 11.5. The first-order valence-corrected chi connectivity index (χ1v) is 4.74. The highest BCUT2D eigenvalue weighted by atomic mass is 16.5. The van der Waals surface area contributed by atoms with E-state index in [-0.39, 0.29) is 11.8 Å². The van der Waals surface area contributed by atoms with Crippen molar-refractivity contribution in [1.29, 1.82) is 0 Å². The Labute approximate surface area is 82.2 Å². The Morgan fingerprint density at radius 3 is 3.21 bits per heavy atom. The van der Waals surface area contributed by atoms with E-state index < -0.39 is 0 Å². The molecule has 1 saturated heterocycles. The summed E-state index contributed by atoms with van der Waals surface area (Å²) in [7, 11) is 0. The highest BCUT2D eigenvalue weighted by Gasteiger charge is 2.23. The Balaban J connectivity index is 1.77. The summed E-state index contributed by atoms with van der Waals surface area (Å²) in [6.07, 6.45) is 2.42. The number of carbonyl (C=O) groups is 1. The van der Waals surface area contributed by atoms with E-state index in [1.807, 2.05) is 6.07 Å². The van der Waals surface area contributed by atoms with Gasteiger partial charge in [-0.25, -0.2) is 0 Å². The Kier molecular flexibility index (Phi) is 2.84. The van der Waals surface area contributed by atoms with Gasteiger partial charge in [0.2, 0.25) is 5.91 Å². The number of furan rings is 1. The molecular weight excluding hydrogens is 182 g/mol. The molecule has 1 aliphatic rings. The minimum atomic E-state index is 0.0185. The van der Waals surface area contributed by atoms with Crippen molar-refractivity contribution in [3.8, 4) is 0 Å². The van der Waals surface area contributed by atoms with Crippen molar-refractivity contribution in [2.24, 2.45) is 5.92 Å². The minimum Gasteiger partial charge on any atom is -0.467 e. The van der Waals surface area contributed by atoms with Crippen LogP contribution >= 0.6 is 0 Å². The monoisotopic (exact) mass is 195 g/mol. The van der Waals surface area contributed by atoms with Gasteiger partial charge in [-0.1, -0.05) is 0 Å². The van der Waals surface area contributed by atoms with Crippen LogP contribution in [0.15, 0.2) is 22.8 Å². The molecule has 0 aliphatic carbocycles. The fourth-order valence-electron chi connectivity index (χ4n) is 1.47. The maximum atomic E-state index is 11.5. The third-order valence-corrected chi connectivity index (χ3v) is 2.32. The fraction of sp³-hybridized carbons (Fsp3) is 0.500. The van der Waals surface area contributed by atoms with Crippen LogP contribution in [-0.4, -0.2) is 19.1 Å². The molecule has 0 bridgehead atoms. The van der Waals surface area contributed by atoms with Gasteiger partial charge in [0.05, 0.1) is 25.3 Å². The van der Waals surface area contributed by atoms with Crippen molar-refractivity contribution in [3.05, 3.63) is 24.2 Å². The van der Waals surface area contributed by atoms with Crippen LogP contribution in [0.3, 0.4) is 0 Å². The molecule has 1 atom stereocenters. The molecule has 2 heterocycles. The summed E-state index contributed by atoms with van der Waals surface area (Å²) in [5.74, 6) is 0.848. The summed E-state index contributed by atoms with van der Waals surface area (Å²) < 4.78 is 10.2. The first kappa shape index (κ1) is 9.27. The average molecular weight is 195 g/mol. The summed E-state index contributed by atoms with van der Waals surface area (Å²) in [6, 6.07) is 3.64. The third kappa shape index (κ3) is 2.14. The molecule has 76 valence electrons. The van der Waals surface area contributed by atoms with Crippen molar-refractivity contribution >= 4 is 5.91 Å². The number of amides is 1. The first-order chi connectivity index (χ1) is 6.86. The molecule has 0 spiro atoms. The van der Waals surface area contributed by atoms with Crippen molar-refractivity contribution in [3.63, 3.8) is 0 Å². The zero-order valence-corrected chi connectivity index (χ0v) is 7.86. The van der Waals surface area contributed by atoms with E-state index in [0.29, 0.717) is 19.8 Å². The van der Waals surface area contributed by atoms with Gasteiger partial charge in [-0.15, -0.1) is 0 Å². The molecule has 2 rings (SSSR count). The molecule has 1 aliphatic heterocycles. The molecular formula is C10H13NO3. The van der Waals surface area contributed by atoms with Crippen LogP contribution in [-0.2, 0) is 16.1 Å². The van der Waals surface area contributed by atoms with Crippen molar-refractivity contribution in [2.75, 3.05) is 13.2 Å². The molecule has 1 fully saturated rings. The highest BCUT2D eigenvalue weighted by molar-refractivity contribution is 5.78. The normalized spacial score (nSPS) is 21.0. The van der Waals surface area contributed by atoms with Crippen LogP contribution < -0.4 is 5.32 Å².